The molecule has 0 radical (unpaired) electrons. The van der Waals surface area contributed by atoms with Gasteiger partial charge in [0.2, 0.25) is 15.9 Å². The smallest absolute Gasteiger partial charge is 0.243 e. The van der Waals surface area contributed by atoms with Crippen molar-refractivity contribution >= 4 is 49.3 Å². The van der Waals surface area contributed by atoms with Gasteiger partial charge in [0.25, 0.3) is 0 Å². The number of carbonyl (C=O) groups is 1. The third-order valence-electron chi connectivity index (χ3n) is 4.56. The number of nitrogens with one attached hydrogen (secondary N) is 1. The maximum atomic E-state index is 12.9. The number of anilines is 1. The van der Waals surface area contributed by atoms with Gasteiger partial charge >= 0.3 is 0 Å². The molecule has 8 heteroatoms. The first-order valence-corrected chi connectivity index (χ1v) is 12.7. The predicted octanol–water partition coefficient (Wildman–Crippen LogP) is 5.05. The Kier molecular flexibility index (Phi) is 8.75. The van der Waals surface area contributed by atoms with Crippen LogP contribution in [0.25, 0.3) is 0 Å². The quantitative estimate of drug-likeness (QED) is 0.525. The van der Waals surface area contributed by atoms with Crippen molar-refractivity contribution in [1.29, 1.82) is 0 Å². The van der Waals surface area contributed by atoms with Gasteiger partial charge < -0.3 is 5.32 Å². The number of sulfonamides is 1. The predicted molar refractivity (Wildman–Crippen MR) is 125 cm³/mol. The fourth-order valence-electron chi connectivity index (χ4n) is 2.78. The van der Waals surface area contributed by atoms with Crippen molar-refractivity contribution in [2.75, 3.05) is 18.4 Å². The monoisotopic (exact) mass is 498 g/mol. The van der Waals surface area contributed by atoms with Crippen LogP contribution < -0.4 is 5.32 Å². The van der Waals surface area contributed by atoms with Crippen molar-refractivity contribution in [2.45, 2.75) is 43.6 Å². The first-order chi connectivity index (χ1) is 13.7. The van der Waals surface area contributed by atoms with Gasteiger partial charge in [-0.2, -0.15) is 4.31 Å². The van der Waals surface area contributed by atoms with Crippen LogP contribution in [0.4, 0.5) is 5.69 Å². The molecule has 1 unspecified atom stereocenters. The third kappa shape index (κ3) is 6.31. The minimum absolute atomic E-state index is 0.151. The van der Waals surface area contributed by atoms with Gasteiger partial charge in [0.1, 0.15) is 0 Å². The summed E-state index contributed by atoms with van der Waals surface area (Å²) in [5, 5.41) is 2.58. The Morgan fingerprint density at radius 2 is 1.76 bits per heavy atom. The van der Waals surface area contributed by atoms with Crippen LogP contribution in [-0.4, -0.2) is 37.0 Å². The van der Waals surface area contributed by atoms with E-state index in [0.717, 1.165) is 15.8 Å². The standard InChI is InChI=1S/C21H27BrN2O3S2/c1-5-24(6-2)29(26,27)20-13-19(12-7-15(20)3)23-21(25)16(4)28-14-17-8-10-18(22)11-9-17/h7-13,16H,5-6,14H2,1-4H3,(H,23,25). The fraction of sp³-hybridized carbons (Fsp3) is 0.381. The average Bonchev–Trinajstić information content (AvgIpc) is 2.69. The molecule has 1 N–H and O–H groups in total. The third-order valence-corrected chi connectivity index (χ3v) is 8.50. The van der Waals surface area contributed by atoms with E-state index in [-0.39, 0.29) is 16.1 Å². The molecule has 0 fully saturated rings. The lowest BCUT2D eigenvalue weighted by atomic mass is 10.2. The topological polar surface area (TPSA) is 66.5 Å². The van der Waals surface area contributed by atoms with E-state index in [0.29, 0.717) is 24.3 Å². The molecule has 0 aromatic heterocycles. The molecule has 1 amide bonds. The SMILES string of the molecule is CCN(CC)S(=O)(=O)c1cc(NC(=O)C(C)SCc2ccc(Br)cc2)ccc1C. The molecule has 1 atom stereocenters. The van der Waals surface area contributed by atoms with Gasteiger partial charge in [0.15, 0.2) is 0 Å². The second kappa shape index (κ2) is 10.6. The lowest BCUT2D eigenvalue weighted by molar-refractivity contribution is -0.115. The number of aryl methyl sites for hydroxylation is 1. The Balaban J connectivity index is 2.09. The summed E-state index contributed by atoms with van der Waals surface area (Å²) in [7, 11) is -3.59. The van der Waals surface area contributed by atoms with E-state index < -0.39 is 10.0 Å². The minimum atomic E-state index is -3.59. The van der Waals surface area contributed by atoms with Crippen LogP contribution in [0.15, 0.2) is 51.8 Å². The Morgan fingerprint density at radius 3 is 2.34 bits per heavy atom. The highest BCUT2D eigenvalue weighted by atomic mass is 79.9. The molecule has 2 rings (SSSR count). The number of hydrogen-bond donors (Lipinski definition) is 1. The van der Waals surface area contributed by atoms with E-state index in [1.165, 1.54) is 16.1 Å². The molecular formula is C21H27BrN2O3S2. The summed E-state index contributed by atoms with van der Waals surface area (Å²) in [5.41, 5.74) is 2.29. The molecule has 2 aromatic rings. The van der Waals surface area contributed by atoms with Crippen LogP contribution in [0.2, 0.25) is 0 Å². The summed E-state index contributed by atoms with van der Waals surface area (Å²) < 4.78 is 28.2. The molecule has 0 saturated carbocycles. The lowest BCUT2D eigenvalue weighted by Crippen LogP contribution is -2.31. The molecule has 0 saturated heterocycles. The summed E-state index contributed by atoms with van der Waals surface area (Å²) in [4.78, 5) is 12.8. The molecule has 0 bridgehead atoms. The van der Waals surface area contributed by atoms with Crippen molar-refractivity contribution in [3.05, 3.63) is 58.1 Å². The van der Waals surface area contributed by atoms with Crippen LogP contribution >= 0.6 is 27.7 Å². The van der Waals surface area contributed by atoms with Gasteiger partial charge in [-0.05, 0) is 49.2 Å². The van der Waals surface area contributed by atoms with Crippen LogP contribution in [0, 0.1) is 6.92 Å². The minimum Gasteiger partial charge on any atom is -0.325 e. The molecule has 0 aliphatic heterocycles. The van der Waals surface area contributed by atoms with Gasteiger partial charge in [0.05, 0.1) is 10.1 Å². The molecule has 0 spiro atoms. The highest BCUT2D eigenvalue weighted by Crippen LogP contribution is 2.25. The largest absolute Gasteiger partial charge is 0.325 e. The van der Waals surface area contributed by atoms with E-state index >= 15 is 0 Å². The second-order valence-corrected chi connectivity index (χ2v) is 10.8. The van der Waals surface area contributed by atoms with Crippen molar-refractivity contribution in [1.82, 2.24) is 4.31 Å². The number of amides is 1. The molecule has 29 heavy (non-hydrogen) atoms. The molecular weight excluding hydrogens is 472 g/mol. The van der Waals surface area contributed by atoms with E-state index in [1.54, 1.807) is 25.1 Å². The van der Waals surface area contributed by atoms with E-state index in [1.807, 2.05) is 45.0 Å². The molecule has 2 aromatic carbocycles. The average molecular weight is 499 g/mol. The van der Waals surface area contributed by atoms with Crippen LogP contribution in [-0.2, 0) is 20.6 Å². The Labute approximate surface area is 186 Å². The number of thioether (sulfide) groups is 1. The van der Waals surface area contributed by atoms with Crippen molar-refractivity contribution in [2.24, 2.45) is 0 Å². The second-order valence-electron chi connectivity index (χ2n) is 6.64. The number of halogens is 1. The van der Waals surface area contributed by atoms with E-state index in [4.69, 9.17) is 0 Å². The highest BCUT2D eigenvalue weighted by Gasteiger charge is 2.24. The number of hydrogen-bond acceptors (Lipinski definition) is 4. The number of benzene rings is 2. The van der Waals surface area contributed by atoms with E-state index in [9.17, 15) is 13.2 Å². The summed E-state index contributed by atoms with van der Waals surface area (Å²) in [6.07, 6.45) is 0. The zero-order chi connectivity index (χ0) is 21.6. The Bertz CT molecular complexity index is 943. The number of nitrogens with zero attached hydrogens (tertiary/aromatic N) is 1. The van der Waals surface area contributed by atoms with Crippen molar-refractivity contribution < 1.29 is 13.2 Å². The summed E-state index contributed by atoms with van der Waals surface area (Å²) >= 11 is 4.95. The summed E-state index contributed by atoms with van der Waals surface area (Å²) in [6.45, 7) is 8.04. The molecule has 0 aliphatic rings. The Hall–Kier alpha value is -1.35. The number of carbonyl (C=O) groups excluding carboxylic acids is 1. The van der Waals surface area contributed by atoms with Gasteiger partial charge in [-0.15, -0.1) is 11.8 Å². The van der Waals surface area contributed by atoms with Gasteiger partial charge in [-0.1, -0.05) is 48.0 Å². The lowest BCUT2D eigenvalue weighted by Gasteiger charge is -2.20. The highest BCUT2D eigenvalue weighted by molar-refractivity contribution is 9.10. The van der Waals surface area contributed by atoms with Crippen molar-refractivity contribution in [3.8, 4) is 0 Å². The maximum absolute atomic E-state index is 12.9. The summed E-state index contributed by atoms with van der Waals surface area (Å²) in [5.74, 6) is 0.569. The molecule has 5 nitrogen and oxygen atoms in total. The Morgan fingerprint density at radius 1 is 1.14 bits per heavy atom. The zero-order valence-corrected chi connectivity index (χ0v) is 20.3. The zero-order valence-electron chi connectivity index (χ0n) is 17.1. The first-order valence-electron chi connectivity index (χ1n) is 9.46. The van der Waals surface area contributed by atoms with Crippen molar-refractivity contribution in [3.63, 3.8) is 0 Å². The van der Waals surface area contributed by atoms with Gasteiger partial charge in [0, 0.05) is 29.0 Å². The molecule has 0 aliphatic carbocycles. The van der Waals surface area contributed by atoms with Crippen LogP contribution in [0.1, 0.15) is 31.9 Å². The first kappa shape index (κ1) is 23.9. The maximum Gasteiger partial charge on any atom is 0.243 e. The van der Waals surface area contributed by atoms with E-state index in [2.05, 4.69) is 21.2 Å². The van der Waals surface area contributed by atoms with Gasteiger partial charge in [-0.3, -0.25) is 4.79 Å². The van der Waals surface area contributed by atoms with Crippen LogP contribution in [0.3, 0.4) is 0 Å². The normalized spacial score (nSPS) is 12.8. The summed E-state index contributed by atoms with van der Waals surface area (Å²) in [6, 6.07) is 13.0. The molecule has 0 heterocycles. The van der Waals surface area contributed by atoms with Gasteiger partial charge in [-0.25, -0.2) is 8.42 Å². The fourth-order valence-corrected chi connectivity index (χ4v) is 5.60. The molecule has 158 valence electrons. The van der Waals surface area contributed by atoms with Crippen LogP contribution in [0.5, 0.6) is 0 Å². The number of rotatable bonds is 9.